The number of ether oxygens (including phenoxy) is 1. The number of carbonyl (C=O) groups is 2. The van der Waals surface area contributed by atoms with Gasteiger partial charge < -0.3 is 10.1 Å². The number of fused-ring (bicyclic) bond motifs is 1. The molecular formula is C17H17ClN3O3+. The van der Waals surface area contributed by atoms with Crippen molar-refractivity contribution < 1.29 is 19.3 Å². The molecule has 7 heteroatoms. The summed E-state index contributed by atoms with van der Waals surface area (Å²) < 4.78 is 5.39. The second-order valence-electron chi connectivity index (χ2n) is 5.45. The van der Waals surface area contributed by atoms with Crippen LogP contribution in [-0.4, -0.2) is 24.5 Å². The van der Waals surface area contributed by atoms with Gasteiger partial charge in [0.2, 0.25) is 5.91 Å². The lowest BCUT2D eigenvalue weighted by atomic mass is 10.1. The molecule has 2 amide bonds. The highest BCUT2D eigenvalue weighted by Gasteiger charge is 2.33. The Hall–Kier alpha value is -2.60. The number of halogens is 1. The molecule has 1 aliphatic heterocycles. The van der Waals surface area contributed by atoms with Crippen molar-refractivity contribution in [3.63, 3.8) is 0 Å². The molecule has 1 aromatic heterocycles. The lowest BCUT2D eigenvalue weighted by molar-refractivity contribution is -0.390. The number of hydrogen-bond acceptors (Lipinski definition) is 3. The van der Waals surface area contributed by atoms with E-state index in [0.29, 0.717) is 23.0 Å². The first-order valence-electron chi connectivity index (χ1n) is 7.54. The largest absolute Gasteiger partial charge is 0.482 e. The van der Waals surface area contributed by atoms with Crippen molar-refractivity contribution in [2.45, 2.75) is 19.5 Å². The monoisotopic (exact) mass is 346 g/mol. The van der Waals surface area contributed by atoms with E-state index in [1.54, 1.807) is 31.3 Å². The molecule has 0 saturated carbocycles. The molecule has 0 radical (unpaired) electrons. The fraction of sp³-hybridized carbons (Fsp3) is 0.235. The normalized spacial score (nSPS) is 14.6. The lowest BCUT2D eigenvalue weighted by Crippen LogP contribution is -2.51. The predicted octanol–water partition coefficient (Wildman–Crippen LogP) is 1.58. The van der Waals surface area contributed by atoms with E-state index in [1.807, 2.05) is 18.2 Å². The Morgan fingerprint density at radius 1 is 1.42 bits per heavy atom. The van der Waals surface area contributed by atoms with Gasteiger partial charge in [-0.15, -0.1) is 0 Å². The number of carbonyl (C=O) groups excluding carboxylic acids is 2. The van der Waals surface area contributed by atoms with Gasteiger partial charge in [0.25, 0.3) is 5.91 Å². The third-order valence-electron chi connectivity index (χ3n) is 3.79. The maximum absolute atomic E-state index is 12.5. The summed E-state index contributed by atoms with van der Waals surface area (Å²) in [7, 11) is 0. The van der Waals surface area contributed by atoms with E-state index in [4.69, 9.17) is 16.3 Å². The number of anilines is 1. The van der Waals surface area contributed by atoms with E-state index in [9.17, 15) is 9.59 Å². The van der Waals surface area contributed by atoms with Crippen LogP contribution in [-0.2, 0) is 16.1 Å². The molecule has 0 aliphatic carbocycles. The first-order chi connectivity index (χ1) is 11.6. The third-order valence-corrected chi connectivity index (χ3v) is 4.03. The van der Waals surface area contributed by atoms with Gasteiger partial charge in [-0.25, -0.2) is 4.98 Å². The number of aromatic amines is 1. The minimum Gasteiger partial charge on any atom is -0.482 e. The van der Waals surface area contributed by atoms with Gasteiger partial charge >= 0.3 is 0 Å². The summed E-state index contributed by atoms with van der Waals surface area (Å²) in [4.78, 5) is 29.2. The number of hydrogen-bond donors (Lipinski definition) is 1. The second kappa shape index (κ2) is 6.88. The summed E-state index contributed by atoms with van der Waals surface area (Å²) in [6, 6.07) is 9.95. The zero-order chi connectivity index (χ0) is 17.1. The average Bonchev–Trinajstić information content (AvgIpc) is 2.60. The molecule has 2 aromatic rings. The van der Waals surface area contributed by atoms with Crippen LogP contribution in [0.1, 0.15) is 12.6 Å². The van der Waals surface area contributed by atoms with E-state index >= 15 is 0 Å². The maximum atomic E-state index is 12.5. The van der Waals surface area contributed by atoms with E-state index in [-0.39, 0.29) is 18.4 Å². The zero-order valence-electron chi connectivity index (χ0n) is 13.1. The van der Waals surface area contributed by atoms with Crippen molar-refractivity contribution in [1.29, 1.82) is 0 Å². The lowest BCUT2D eigenvalue weighted by Gasteiger charge is -2.33. The minimum absolute atomic E-state index is 0.0985. The number of amides is 2. The molecule has 3 rings (SSSR count). The van der Waals surface area contributed by atoms with Gasteiger partial charge in [-0.1, -0.05) is 17.7 Å². The van der Waals surface area contributed by atoms with Gasteiger partial charge in [-0.05, 0) is 25.1 Å². The number of nitrogens with zero attached hydrogens (tertiary/aromatic N) is 1. The van der Waals surface area contributed by atoms with Gasteiger partial charge in [0.05, 0.1) is 5.69 Å². The SMILES string of the molecule is CC(C(=O)NCc1cccc[nH+]1)N1C(=O)COc2ccc(Cl)cc21. The molecule has 6 nitrogen and oxygen atoms in total. The molecule has 24 heavy (non-hydrogen) atoms. The number of pyridine rings is 1. The van der Waals surface area contributed by atoms with Crippen molar-refractivity contribution >= 4 is 29.1 Å². The summed E-state index contributed by atoms with van der Waals surface area (Å²) in [5.74, 6) is 0.00200. The highest BCUT2D eigenvalue weighted by molar-refractivity contribution is 6.31. The molecule has 1 aromatic carbocycles. The highest BCUT2D eigenvalue weighted by Crippen LogP contribution is 2.35. The fourth-order valence-corrected chi connectivity index (χ4v) is 2.72. The van der Waals surface area contributed by atoms with Gasteiger partial charge in [0.15, 0.2) is 18.5 Å². The Morgan fingerprint density at radius 3 is 3.00 bits per heavy atom. The van der Waals surface area contributed by atoms with Gasteiger partial charge in [0, 0.05) is 17.2 Å². The molecule has 0 saturated heterocycles. The summed E-state index contributed by atoms with van der Waals surface area (Å²) in [5.41, 5.74) is 1.38. The number of nitrogens with one attached hydrogen (secondary N) is 2. The van der Waals surface area contributed by atoms with Crippen LogP contribution in [0, 0.1) is 0 Å². The van der Waals surface area contributed by atoms with Gasteiger partial charge in [-0.3, -0.25) is 14.5 Å². The number of rotatable bonds is 4. The maximum Gasteiger partial charge on any atom is 0.265 e. The minimum atomic E-state index is -0.678. The fourth-order valence-electron chi connectivity index (χ4n) is 2.56. The Bertz CT molecular complexity index is 767. The molecule has 124 valence electrons. The van der Waals surface area contributed by atoms with E-state index in [2.05, 4.69) is 10.3 Å². The van der Waals surface area contributed by atoms with Crippen molar-refractivity contribution in [2.75, 3.05) is 11.5 Å². The smallest absolute Gasteiger partial charge is 0.265 e. The van der Waals surface area contributed by atoms with Gasteiger partial charge in [-0.2, -0.15) is 0 Å². The molecule has 1 aliphatic rings. The Kier molecular flexibility index (Phi) is 4.66. The van der Waals surface area contributed by atoms with Crippen molar-refractivity contribution in [3.05, 3.63) is 53.3 Å². The summed E-state index contributed by atoms with van der Waals surface area (Å²) >= 11 is 6.02. The van der Waals surface area contributed by atoms with Gasteiger partial charge in [0.1, 0.15) is 18.3 Å². The molecule has 2 heterocycles. The standard InChI is InChI=1S/C17H16ClN3O3/c1-11(17(23)20-9-13-4-2-3-7-19-13)21-14-8-12(18)5-6-15(14)24-10-16(21)22/h2-8,11H,9-10H2,1H3,(H,20,23)/p+1. The van der Waals surface area contributed by atoms with Crippen LogP contribution >= 0.6 is 11.6 Å². The first kappa shape index (κ1) is 16.3. The van der Waals surface area contributed by atoms with Crippen molar-refractivity contribution in [2.24, 2.45) is 0 Å². The number of aromatic nitrogens is 1. The van der Waals surface area contributed by atoms with Crippen LogP contribution < -0.4 is 19.9 Å². The molecule has 2 N–H and O–H groups in total. The second-order valence-corrected chi connectivity index (χ2v) is 5.88. The Balaban J connectivity index is 1.76. The highest BCUT2D eigenvalue weighted by atomic mass is 35.5. The average molecular weight is 347 g/mol. The van der Waals surface area contributed by atoms with E-state index in [0.717, 1.165) is 5.69 Å². The molecule has 0 spiro atoms. The first-order valence-corrected chi connectivity index (χ1v) is 7.92. The van der Waals surface area contributed by atoms with Crippen LogP contribution in [0.3, 0.4) is 0 Å². The molecule has 1 atom stereocenters. The zero-order valence-corrected chi connectivity index (χ0v) is 13.8. The number of H-pyrrole nitrogens is 1. The van der Waals surface area contributed by atoms with Crippen molar-refractivity contribution in [1.82, 2.24) is 5.32 Å². The number of benzene rings is 1. The van der Waals surface area contributed by atoms with E-state index in [1.165, 1.54) is 4.90 Å². The van der Waals surface area contributed by atoms with Crippen molar-refractivity contribution in [3.8, 4) is 5.75 Å². The van der Waals surface area contributed by atoms with Crippen LogP contribution in [0.25, 0.3) is 0 Å². The van der Waals surface area contributed by atoms with Crippen LogP contribution in [0.4, 0.5) is 5.69 Å². The predicted molar refractivity (Wildman–Crippen MR) is 88.7 cm³/mol. The summed E-state index contributed by atoms with van der Waals surface area (Å²) in [6.07, 6.45) is 1.79. The van der Waals surface area contributed by atoms with Crippen LogP contribution in [0.2, 0.25) is 5.02 Å². The summed E-state index contributed by atoms with van der Waals surface area (Å²) in [5, 5.41) is 3.30. The molecule has 0 fully saturated rings. The third kappa shape index (κ3) is 3.33. The Morgan fingerprint density at radius 2 is 2.25 bits per heavy atom. The van der Waals surface area contributed by atoms with E-state index < -0.39 is 6.04 Å². The van der Waals surface area contributed by atoms with Crippen LogP contribution in [0.15, 0.2) is 42.6 Å². The molecule has 1 unspecified atom stereocenters. The Labute approximate surface area is 144 Å². The van der Waals surface area contributed by atoms with Crippen LogP contribution in [0.5, 0.6) is 5.75 Å². The molecular weight excluding hydrogens is 330 g/mol. The summed E-state index contributed by atoms with van der Waals surface area (Å²) in [6.45, 7) is 1.93. The topological polar surface area (TPSA) is 72.8 Å². The molecule has 0 bridgehead atoms. The quantitative estimate of drug-likeness (QED) is 0.913.